The first-order valence-electron chi connectivity index (χ1n) is 7.23. The first kappa shape index (κ1) is 13.8. The van der Waals surface area contributed by atoms with Crippen molar-refractivity contribution in [3.63, 3.8) is 0 Å². The molecule has 1 aliphatic rings. The van der Waals surface area contributed by atoms with E-state index in [0.29, 0.717) is 6.54 Å². The fourth-order valence-electron chi connectivity index (χ4n) is 2.74. The Hall–Kier alpha value is -2.14. The van der Waals surface area contributed by atoms with Crippen LogP contribution in [0.5, 0.6) is 0 Å². The first-order chi connectivity index (χ1) is 10.3. The van der Waals surface area contributed by atoms with E-state index in [-0.39, 0.29) is 18.6 Å². The van der Waals surface area contributed by atoms with E-state index in [1.165, 1.54) is 0 Å². The van der Waals surface area contributed by atoms with Crippen molar-refractivity contribution in [1.29, 1.82) is 0 Å². The van der Waals surface area contributed by atoms with Crippen LogP contribution in [-0.4, -0.2) is 28.6 Å². The fraction of sp³-hybridized carbons (Fsp3) is 0.375. The molecular weight excluding hydrogens is 266 g/mol. The van der Waals surface area contributed by atoms with Gasteiger partial charge in [0.15, 0.2) is 0 Å². The second-order valence-corrected chi connectivity index (χ2v) is 5.17. The summed E-state index contributed by atoms with van der Waals surface area (Å²) in [6.45, 7) is 5.11. The molecule has 0 aliphatic carbocycles. The third-order valence-electron chi connectivity index (χ3n) is 3.69. The maximum atomic E-state index is 12.0. The molecule has 3 heterocycles. The fourth-order valence-corrected chi connectivity index (χ4v) is 2.74. The Bertz CT molecular complexity index is 657. The van der Waals surface area contributed by atoms with Crippen molar-refractivity contribution in [3.05, 3.63) is 42.7 Å². The SMILES string of the molecule is C=CCNC(=O)Cn1c([C@@H]2CCCO2)cc2cccnc21. The molecule has 0 saturated carbocycles. The van der Waals surface area contributed by atoms with Crippen LogP contribution in [0.3, 0.4) is 0 Å². The standard InChI is InChI=1S/C16H19N3O2/c1-2-7-17-15(20)11-19-13(14-6-4-9-21-14)10-12-5-3-8-18-16(12)19/h2-3,5,8,10,14H,1,4,6-7,9,11H2,(H,17,20)/t14-/m0/s1. The molecule has 1 atom stereocenters. The first-order valence-corrected chi connectivity index (χ1v) is 7.23. The summed E-state index contributed by atoms with van der Waals surface area (Å²) in [5.74, 6) is -0.0442. The lowest BCUT2D eigenvalue weighted by Crippen LogP contribution is -2.28. The monoisotopic (exact) mass is 285 g/mol. The molecule has 0 radical (unpaired) electrons. The molecule has 1 saturated heterocycles. The Morgan fingerprint density at radius 2 is 2.52 bits per heavy atom. The molecular formula is C16H19N3O2. The summed E-state index contributed by atoms with van der Waals surface area (Å²) in [7, 11) is 0. The second-order valence-electron chi connectivity index (χ2n) is 5.17. The van der Waals surface area contributed by atoms with E-state index < -0.39 is 0 Å². The van der Waals surface area contributed by atoms with Crippen LogP contribution < -0.4 is 5.32 Å². The van der Waals surface area contributed by atoms with E-state index in [1.54, 1.807) is 12.3 Å². The number of aromatic nitrogens is 2. The van der Waals surface area contributed by atoms with Gasteiger partial charge in [0.1, 0.15) is 12.2 Å². The van der Waals surface area contributed by atoms with Gasteiger partial charge < -0.3 is 14.6 Å². The second kappa shape index (κ2) is 6.10. The topological polar surface area (TPSA) is 56.2 Å². The molecule has 0 aromatic carbocycles. The average Bonchev–Trinajstić information content (AvgIpc) is 3.13. The zero-order chi connectivity index (χ0) is 14.7. The van der Waals surface area contributed by atoms with Gasteiger partial charge in [-0.1, -0.05) is 6.08 Å². The van der Waals surface area contributed by atoms with Gasteiger partial charge in [0.05, 0.1) is 6.10 Å². The number of hydrogen-bond donors (Lipinski definition) is 1. The van der Waals surface area contributed by atoms with E-state index in [1.807, 2.05) is 16.7 Å². The lowest BCUT2D eigenvalue weighted by atomic mass is 10.2. The Balaban J connectivity index is 1.95. The quantitative estimate of drug-likeness (QED) is 0.857. The van der Waals surface area contributed by atoms with Crippen molar-refractivity contribution >= 4 is 16.9 Å². The molecule has 1 aliphatic heterocycles. The van der Waals surface area contributed by atoms with Gasteiger partial charge in [-0.3, -0.25) is 4.79 Å². The van der Waals surface area contributed by atoms with Gasteiger partial charge in [0.25, 0.3) is 0 Å². The molecule has 2 aromatic heterocycles. The summed E-state index contributed by atoms with van der Waals surface area (Å²) in [5, 5.41) is 3.85. The Kier molecular flexibility index (Phi) is 4.01. The lowest BCUT2D eigenvalue weighted by Gasteiger charge is -2.14. The summed E-state index contributed by atoms with van der Waals surface area (Å²) in [6.07, 6.45) is 5.53. The normalized spacial score (nSPS) is 18.0. The van der Waals surface area contributed by atoms with Crippen LogP contribution in [-0.2, 0) is 16.1 Å². The minimum absolute atomic E-state index is 0.0442. The largest absolute Gasteiger partial charge is 0.372 e. The molecule has 0 unspecified atom stereocenters. The molecule has 1 N–H and O–H groups in total. The smallest absolute Gasteiger partial charge is 0.240 e. The molecule has 1 amide bonds. The molecule has 0 bridgehead atoms. The summed E-state index contributed by atoms with van der Waals surface area (Å²) in [5.41, 5.74) is 1.87. The van der Waals surface area contributed by atoms with Gasteiger partial charge in [-0.15, -0.1) is 6.58 Å². The van der Waals surface area contributed by atoms with Crippen molar-refractivity contribution in [2.24, 2.45) is 0 Å². The number of carbonyl (C=O) groups is 1. The molecule has 2 aromatic rings. The molecule has 5 nitrogen and oxygen atoms in total. The highest BCUT2D eigenvalue weighted by Crippen LogP contribution is 2.32. The van der Waals surface area contributed by atoms with Gasteiger partial charge in [0.2, 0.25) is 5.91 Å². The number of nitrogens with one attached hydrogen (secondary N) is 1. The van der Waals surface area contributed by atoms with E-state index in [9.17, 15) is 4.79 Å². The number of hydrogen-bond acceptors (Lipinski definition) is 3. The predicted octanol–water partition coefficient (Wildman–Crippen LogP) is 2.19. The molecule has 5 heteroatoms. The maximum absolute atomic E-state index is 12.0. The number of fused-ring (bicyclic) bond motifs is 1. The summed E-state index contributed by atoms with van der Waals surface area (Å²) in [6, 6.07) is 6.00. The highest BCUT2D eigenvalue weighted by Gasteiger charge is 2.24. The minimum Gasteiger partial charge on any atom is -0.372 e. The summed E-state index contributed by atoms with van der Waals surface area (Å²) < 4.78 is 7.74. The van der Waals surface area contributed by atoms with Crippen molar-refractivity contribution in [3.8, 4) is 0 Å². The van der Waals surface area contributed by atoms with Gasteiger partial charge >= 0.3 is 0 Å². The van der Waals surface area contributed by atoms with E-state index >= 15 is 0 Å². The van der Waals surface area contributed by atoms with Gasteiger partial charge in [-0.2, -0.15) is 0 Å². The van der Waals surface area contributed by atoms with Crippen molar-refractivity contribution in [2.45, 2.75) is 25.5 Å². The zero-order valence-electron chi connectivity index (χ0n) is 11.9. The number of carbonyl (C=O) groups excluding carboxylic acids is 1. The van der Waals surface area contributed by atoms with Crippen LogP contribution in [0, 0.1) is 0 Å². The number of rotatable bonds is 5. The Morgan fingerprint density at radius 1 is 1.62 bits per heavy atom. The number of ether oxygens (including phenoxy) is 1. The van der Waals surface area contributed by atoms with Gasteiger partial charge in [0, 0.05) is 30.4 Å². The van der Waals surface area contributed by atoms with Crippen molar-refractivity contribution in [1.82, 2.24) is 14.9 Å². The van der Waals surface area contributed by atoms with Crippen LogP contribution >= 0.6 is 0 Å². The van der Waals surface area contributed by atoms with Gasteiger partial charge in [-0.05, 0) is 31.0 Å². The van der Waals surface area contributed by atoms with E-state index in [2.05, 4.69) is 22.9 Å². The van der Waals surface area contributed by atoms with Crippen LogP contribution in [0.15, 0.2) is 37.1 Å². The molecule has 3 rings (SSSR count). The van der Waals surface area contributed by atoms with Crippen LogP contribution in [0.25, 0.3) is 11.0 Å². The van der Waals surface area contributed by atoms with Crippen LogP contribution in [0.2, 0.25) is 0 Å². The highest BCUT2D eigenvalue weighted by atomic mass is 16.5. The molecule has 0 spiro atoms. The van der Waals surface area contributed by atoms with E-state index in [0.717, 1.165) is 36.2 Å². The molecule has 110 valence electrons. The third-order valence-corrected chi connectivity index (χ3v) is 3.69. The maximum Gasteiger partial charge on any atom is 0.240 e. The molecule has 21 heavy (non-hydrogen) atoms. The Morgan fingerprint density at radius 3 is 3.29 bits per heavy atom. The van der Waals surface area contributed by atoms with E-state index in [4.69, 9.17) is 4.74 Å². The van der Waals surface area contributed by atoms with Crippen LogP contribution in [0.1, 0.15) is 24.6 Å². The predicted molar refractivity (Wildman–Crippen MR) is 80.9 cm³/mol. The van der Waals surface area contributed by atoms with Crippen LogP contribution in [0.4, 0.5) is 0 Å². The molecule has 1 fully saturated rings. The minimum atomic E-state index is -0.0442. The Labute approximate surface area is 123 Å². The lowest BCUT2D eigenvalue weighted by molar-refractivity contribution is -0.121. The third kappa shape index (κ3) is 2.83. The van der Waals surface area contributed by atoms with Crippen molar-refractivity contribution in [2.75, 3.05) is 13.2 Å². The number of amides is 1. The zero-order valence-corrected chi connectivity index (χ0v) is 11.9. The summed E-state index contributed by atoms with van der Waals surface area (Å²) in [4.78, 5) is 16.4. The number of nitrogens with zero attached hydrogens (tertiary/aromatic N) is 2. The van der Waals surface area contributed by atoms with Crippen molar-refractivity contribution < 1.29 is 9.53 Å². The number of pyridine rings is 1. The summed E-state index contributed by atoms with van der Waals surface area (Å²) >= 11 is 0. The highest BCUT2D eigenvalue weighted by molar-refractivity contribution is 5.82. The average molecular weight is 285 g/mol. The van der Waals surface area contributed by atoms with Gasteiger partial charge in [-0.25, -0.2) is 4.98 Å².